The molecule has 0 radical (unpaired) electrons. The van der Waals surface area contributed by atoms with Gasteiger partial charge in [-0.05, 0) is 63.6 Å². The number of amides is 2. The molecule has 3 aromatic rings. The number of carbonyl (C=O) groups is 3. The zero-order valence-corrected chi connectivity index (χ0v) is 22.4. The van der Waals surface area contributed by atoms with Crippen LogP contribution in [-0.4, -0.2) is 40.9 Å². The molecule has 1 saturated carbocycles. The number of nitrogens with zero attached hydrogens (tertiary/aromatic N) is 3. The van der Waals surface area contributed by atoms with E-state index in [0.29, 0.717) is 28.0 Å². The molecular weight excluding hydrogens is 496 g/mol. The summed E-state index contributed by atoms with van der Waals surface area (Å²) in [7, 11) is 1.34. The molecule has 1 N–H and O–H groups in total. The van der Waals surface area contributed by atoms with Crippen LogP contribution in [0.4, 0.5) is 11.5 Å². The maximum absolute atomic E-state index is 13.6. The van der Waals surface area contributed by atoms with Gasteiger partial charge < -0.3 is 15.0 Å². The maximum atomic E-state index is 13.6. The lowest BCUT2D eigenvalue weighted by molar-refractivity contribution is -0.123. The molecule has 0 saturated heterocycles. The van der Waals surface area contributed by atoms with E-state index < -0.39 is 5.97 Å². The first kappa shape index (κ1) is 26.0. The summed E-state index contributed by atoms with van der Waals surface area (Å²) in [6.07, 6.45) is 5.45. The molecule has 2 amide bonds. The second kappa shape index (κ2) is 11.3. The molecule has 190 valence electrons. The molecule has 0 unspecified atom stereocenters. The average molecular weight is 527 g/mol. The van der Waals surface area contributed by atoms with E-state index >= 15 is 0 Å². The van der Waals surface area contributed by atoms with Gasteiger partial charge in [0.15, 0.2) is 0 Å². The summed E-state index contributed by atoms with van der Waals surface area (Å²) in [5, 5.41) is 4.39. The third-order valence-corrected chi connectivity index (χ3v) is 8.16. The monoisotopic (exact) mass is 526 g/mol. The van der Waals surface area contributed by atoms with Gasteiger partial charge in [-0.2, -0.15) is 0 Å². The van der Waals surface area contributed by atoms with Gasteiger partial charge in [-0.25, -0.2) is 14.8 Å². The fraction of sp³-hybridized carbons (Fsp3) is 0.423. The summed E-state index contributed by atoms with van der Waals surface area (Å²) in [6.45, 7) is 6.15. The van der Waals surface area contributed by atoms with Crippen molar-refractivity contribution in [1.82, 2.24) is 9.97 Å². The fourth-order valence-corrected chi connectivity index (χ4v) is 6.00. The molecule has 0 bridgehead atoms. The third-order valence-electron chi connectivity index (χ3n) is 6.42. The molecule has 3 aromatic heterocycles. The van der Waals surface area contributed by atoms with Gasteiger partial charge in [0.05, 0.1) is 18.3 Å². The number of hydrogen-bond donors (Lipinski definition) is 1. The Labute approximate surface area is 218 Å². The van der Waals surface area contributed by atoms with Crippen molar-refractivity contribution in [3.63, 3.8) is 0 Å². The number of methoxy groups -OCH3 is 1. The maximum Gasteiger partial charge on any atom is 0.350 e. The molecule has 4 rings (SSSR count). The van der Waals surface area contributed by atoms with Crippen molar-refractivity contribution < 1.29 is 19.1 Å². The van der Waals surface area contributed by atoms with Crippen LogP contribution in [0, 0.1) is 11.8 Å². The molecule has 3 heterocycles. The molecule has 0 spiro atoms. The number of anilines is 2. The predicted molar refractivity (Wildman–Crippen MR) is 143 cm³/mol. The molecule has 1 aliphatic carbocycles. The molecule has 1 fully saturated rings. The number of hydrogen-bond acceptors (Lipinski definition) is 8. The Balaban J connectivity index is 1.61. The summed E-state index contributed by atoms with van der Waals surface area (Å²) in [4.78, 5) is 49.9. The van der Waals surface area contributed by atoms with Crippen LogP contribution in [0.15, 0.2) is 35.3 Å². The van der Waals surface area contributed by atoms with Crippen molar-refractivity contribution in [2.45, 2.75) is 52.5 Å². The summed E-state index contributed by atoms with van der Waals surface area (Å²) < 4.78 is 5.06. The highest BCUT2D eigenvalue weighted by Crippen LogP contribution is 2.40. The van der Waals surface area contributed by atoms with Crippen molar-refractivity contribution >= 4 is 52.0 Å². The average Bonchev–Trinajstić information content (AvgIpc) is 3.55. The molecule has 8 nitrogen and oxygen atoms in total. The summed E-state index contributed by atoms with van der Waals surface area (Å²) in [6, 6.07) is 5.27. The highest BCUT2D eigenvalue weighted by molar-refractivity contribution is 7.18. The van der Waals surface area contributed by atoms with Crippen LogP contribution in [0.2, 0.25) is 0 Å². The van der Waals surface area contributed by atoms with Gasteiger partial charge >= 0.3 is 5.97 Å². The van der Waals surface area contributed by atoms with Crippen LogP contribution in [0.25, 0.3) is 10.4 Å². The Morgan fingerprint density at radius 2 is 1.89 bits per heavy atom. The Morgan fingerprint density at radius 3 is 2.47 bits per heavy atom. The zero-order valence-electron chi connectivity index (χ0n) is 20.8. The first-order chi connectivity index (χ1) is 17.3. The van der Waals surface area contributed by atoms with Crippen LogP contribution < -0.4 is 10.2 Å². The Bertz CT molecular complexity index is 1210. The minimum atomic E-state index is -0.475. The van der Waals surface area contributed by atoms with Crippen molar-refractivity contribution in [3.05, 3.63) is 45.9 Å². The van der Waals surface area contributed by atoms with Crippen LogP contribution >= 0.6 is 22.7 Å². The van der Waals surface area contributed by atoms with E-state index in [-0.39, 0.29) is 23.8 Å². The predicted octanol–water partition coefficient (Wildman–Crippen LogP) is 5.87. The van der Waals surface area contributed by atoms with Gasteiger partial charge in [0, 0.05) is 34.0 Å². The minimum absolute atomic E-state index is 0.0419. The van der Waals surface area contributed by atoms with E-state index in [1.54, 1.807) is 28.1 Å². The van der Waals surface area contributed by atoms with E-state index in [2.05, 4.69) is 22.2 Å². The summed E-state index contributed by atoms with van der Waals surface area (Å²) >= 11 is 2.61. The first-order valence-electron chi connectivity index (χ1n) is 12.0. The number of thiophene rings is 1. The number of aromatic nitrogens is 2. The van der Waals surface area contributed by atoms with Gasteiger partial charge in [-0.15, -0.1) is 22.7 Å². The lowest BCUT2D eigenvalue weighted by atomic mass is 9.82. The largest absolute Gasteiger partial charge is 0.465 e. The lowest BCUT2D eigenvalue weighted by Crippen LogP contribution is -2.42. The number of ether oxygens (including phenoxy) is 1. The van der Waals surface area contributed by atoms with Crippen molar-refractivity contribution in [1.29, 1.82) is 0 Å². The van der Waals surface area contributed by atoms with Gasteiger partial charge in [0.1, 0.15) is 16.4 Å². The van der Waals surface area contributed by atoms with Crippen molar-refractivity contribution in [2.75, 3.05) is 17.3 Å². The highest BCUT2D eigenvalue weighted by atomic mass is 32.1. The van der Waals surface area contributed by atoms with Gasteiger partial charge in [0.25, 0.3) is 5.91 Å². The van der Waals surface area contributed by atoms with E-state index in [9.17, 15) is 14.4 Å². The number of carbonyl (C=O) groups excluding carboxylic acids is 3. The van der Waals surface area contributed by atoms with Gasteiger partial charge in [0.2, 0.25) is 5.91 Å². The van der Waals surface area contributed by atoms with Crippen LogP contribution in [-0.2, 0) is 9.53 Å². The molecule has 0 aliphatic heterocycles. The third kappa shape index (κ3) is 5.65. The topological polar surface area (TPSA) is 101 Å². The molecule has 10 heteroatoms. The molecule has 0 aromatic carbocycles. The number of pyridine rings is 1. The Hall–Kier alpha value is -3.11. The molecule has 1 aliphatic rings. The smallest absolute Gasteiger partial charge is 0.350 e. The summed E-state index contributed by atoms with van der Waals surface area (Å²) in [5.74, 6) is 0.251. The molecule has 36 heavy (non-hydrogen) atoms. The SMILES string of the molecule is COC(=O)c1sc(-c2ccc(NC(=O)c3cscn3)nc2)cc1N(C(=O)C1CCC(C)CC1)C(C)C. The first-order valence-corrected chi connectivity index (χ1v) is 13.8. The van der Waals surface area contributed by atoms with Crippen LogP contribution in [0.5, 0.6) is 0 Å². The Morgan fingerprint density at radius 1 is 1.14 bits per heavy atom. The van der Waals surface area contributed by atoms with E-state index in [1.165, 1.54) is 29.8 Å². The highest BCUT2D eigenvalue weighted by Gasteiger charge is 2.33. The van der Waals surface area contributed by atoms with E-state index in [1.807, 2.05) is 26.0 Å². The lowest BCUT2D eigenvalue weighted by Gasteiger charge is -2.33. The zero-order chi connectivity index (χ0) is 25.8. The second-order valence-electron chi connectivity index (χ2n) is 9.34. The molecular formula is C26H30N4O4S2. The van der Waals surface area contributed by atoms with Crippen molar-refractivity contribution in [2.24, 2.45) is 11.8 Å². The Kier molecular flexibility index (Phi) is 8.15. The normalized spacial score (nSPS) is 17.6. The van der Waals surface area contributed by atoms with E-state index in [4.69, 9.17) is 4.74 Å². The van der Waals surface area contributed by atoms with Crippen LogP contribution in [0.1, 0.15) is 66.6 Å². The minimum Gasteiger partial charge on any atom is -0.465 e. The number of thiazole rings is 1. The number of rotatable bonds is 7. The quantitative estimate of drug-likeness (QED) is 0.386. The molecule has 0 atom stereocenters. The van der Waals surface area contributed by atoms with Gasteiger partial charge in [-0.1, -0.05) is 6.92 Å². The fourth-order valence-electron chi connectivity index (χ4n) is 4.42. The van der Waals surface area contributed by atoms with E-state index in [0.717, 1.165) is 36.1 Å². The number of nitrogens with one attached hydrogen (secondary N) is 1. The van der Waals surface area contributed by atoms with Crippen molar-refractivity contribution in [3.8, 4) is 10.4 Å². The second-order valence-corrected chi connectivity index (χ2v) is 11.1. The van der Waals surface area contributed by atoms with Crippen LogP contribution in [0.3, 0.4) is 0 Å². The summed E-state index contributed by atoms with van der Waals surface area (Å²) in [5.41, 5.74) is 3.27. The standard InChI is InChI=1S/C26H30N4O4S2/c1-15(2)30(25(32)17-7-5-16(3)6-8-17)20-11-21(36-23(20)26(33)34-4)18-9-10-22(27-12-18)29-24(31)19-13-35-14-28-19/h9-17H,5-8H2,1-4H3,(H,27,29,31). The number of esters is 1. The van der Waals surface area contributed by atoms with Gasteiger partial charge in [-0.3, -0.25) is 9.59 Å².